The molecule has 10 heteroatoms. The summed E-state index contributed by atoms with van der Waals surface area (Å²) >= 11 is 0. The summed E-state index contributed by atoms with van der Waals surface area (Å²) in [6.45, 7) is 3.74. The van der Waals surface area contributed by atoms with Gasteiger partial charge in [0.15, 0.2) is 5.75 Å². The van der Waals surface area contributed by atoms with E-state index in [1.165, 1.54) is 6.92 Å². The van der Waals surface area contributed by atoms with E-state index in [9.17, 15) is 8.42 Å². The second-order valence-corrected chi connectivity index (χ2v) is 8.73. The maximum atomic E-state index is 12.3. The minimum absolute atomic E-state index is 0.0779. The van der Waals surface area contributed by atoms with E-state index in [0.29, 0.717) is 41.2 Å². The number of aromatic nitrogens is 2. The standard InChI is InChI=1S/C22H26N4O5S/c1-4-30-18-11-14(10-16-13-25-22(24)26-21(16)23)12-19(31-32(27,28)5-2)20(18)15-6-8-17(29-3)9-7-15/h6-9,11-13H,4-5,10H2,1-3H3,(H4,23,24,25,26). The van der Waals surface area contributed by atoms with Crippen LogP contribution in [-0.4, -0.2) is 37.9 Å². The van der Waals surface area contributed by atoms with Crippen LogP contribution in [0.5, 0.6) is 17.2 Å². The Balaban J connectivity index is 2.17. The van der Waals surface area contributed by atoms with Crippen LogP contribution in [0.15, 0.2) is 42.6 Å². The molecule has 0 aliphatic rings. The van der Waals surface area contributed by atoms with E-state index in [4.69, 9.17) is 25.1 Å². The van der Waals surface area contributed by atoms with E-state index in [2.05, 4.69) is 9.97 Å². The van der Waals surface area contributed by atoms with Crippen molar-refractivity contribution in [2.75, 3.05) is 30.9 Å². The van der Waals surface area contributed by atoms with Gasteiger partial charge in [-0.1, -0.05) is 12.1 Å². The van der Waals surface area contributed by atoms with Crippen molar-refractivity contribution in [3.05, 3.63) is 53.7 Å². The fourth-order valence-electron chi connectivity index (χ4n) is 3.11. The van der Waals surface area contributed by atoms with Crippen LogP contribution in [0, 0.1) is 0 Å². The topological polar surface area (TPSA) is 140 Å². The van der Waals surface area contributed by atoms with Crippen molar-refractivity contribution in [1.29, 1.82) is 0 Å². The number of methoxy groups -OCH3 is 1. The van der Waals surface area contributed by atoms with Gasteiger partial charge in [0.2, 0.25) is 5.95 Å². The van der Waals surface area contributed by atoms with Crippen LogP contribution in [0.3, 0.4) is 0 Å². The zero-order valence-electron chi connectivity index (χ0n) is 18.2. The van der Waals surface area contributed by atoms with Crippen molar-refractivity contribution in [3.8, 4) is 28.4 Å². The van der Waals surface area contributed by atoms with Gasteiger partial charge in [0.25, 0.3) is 0 Å². The molecule has 1 aromatic heterocycles. The second-order valence-electron chi connectivity index (χ2n) is 6.87. The van der Waals surface area contributed by atoms with E-state index in [1.807, 2.05) is 25.1 Å². The zero-order chi connectivity index (χ0) is 23.3. The van der Waals surface area contributed by atoms with Crippen LogP contribution < -0.4 is 25.1 Å². The van der Waals surface area contributed by atoms with Gasteiger partial charge in [0, 0.05) is 18.2 Å². The number of ether oxygens (including phenoxy) is 2. The molecule has 0 radical (unpaired) electrons. The van der Waals surface area contributed by atoms with Gasteiger partial charge in [0.05, 0.1) is 25.0 Å². The molecule has 0 amide bonds. The van der Waals surface area contributed by atoms with Gasteiger partial charge in [-0.05, 0) is 49.2 Å². The van der Waals surface area contributed by atoms with Gasteiger partial charge in [-0.3, -0.25) is 0 Å². The third-order valence-electron chi connectivity index (χ3n) is 4.69. The van der Waals surface area contributed by atoms with Gasteiger partial charge in [-0.15, -0.1) is 0 Å². The Labute approximate surface area is 187 Å². The molecular weight excluding hydrogens is 432 g/mol. The molecule has 0 spiro atoms. The molecule has 3 aromatic rings. The molecular formula is C22H26N4O5S. The minimum atomic E-state index is -3.80. The number of benzene rings is 2. The monoisotopic (exact) mass is 458 g/mol. The fourth-order valence-corrected chi connectivity index (χ4v) is 3.63. The van der Waals surface area contributed by atoms with E-state index in [0.717, 1.165) is 5.56 Å². The molecule has 1 heterocycles. The molecule has 0 saturated carbocycles. The molecule has 9 nitrogen and oxygen atoms in total. The lowest BCUT2D eigenvalue weighted by atomic mass is 9.98. The van der Waals surface area contributed by atoms with Crippen LogP contribution in [0.4, 0.5) is 11.8 Å². The number of anilines is 2. The first-order valence-electron chi connectivity index (χ1n) is 9.99. The summed E-state index contributed by atoms with van der Waals surface area (Å²) in [7, 11) is -2.22. The molecule has 0 atom stereocenters. The first kappa shape index (κ1) is 23.1. The van der Waals surface area contributed by atoms with Crippen molar-refractivity contribution >= 4 is 21.9 Å². The smallest absolute Gasteiger partial charge is 0.308 e. The fraction of sp³-hybridized carbons (Fsp3) is 0.273. The summed E-state index contributed by atoms with van der Waals surface area (Å²) in [5.41, 5.74) is 14.2. The molecule has 4 N–H and O–H groups in total. The van der Waals surface area contributed by atoms with Crippen LogP contribution in [0.2, 0.25) is 0 Å². The highest BCUT2D eigenvalue weighted by atomic mass is 32.2. The highest BCUT2D eigenvalue weighted by Crippen LogP contribution is 2.41. The third kappa shape index (κ3) is 5.38. The van der Waals surface area contributed by atoms with Crippen LogP contribution in [-0.2, 0) is 16.5 Å². The number of hydrogen-bond donors (Lipinski definition) is 2. The Bertz CT molecular complexity index is 1200. The normalized spacial score (nSPS) is 11.2. The van der Waals surface area contributed by atoms with Crippen LogP contribution in [0.1, 0.15) is 25.0 Å². The average molecular weight is 459 g/mol. The van der Waals surface area contributed by atoms with Crippen molar-refractivity contribution < 1.29 is 22.1 Å². The number of hydrogen-bond acceptors (Lipinski definition) is 9. The Morgan fingerprint density at radius 1 is 1.03 bits per heavy atom. The Morgan fingerprint density at radius 2 is 1.72 bits per heavy atom. The summed E-state index contributed by atoms with van der Waals surface area (Å²) in [5.74, 6) is 1.46. The van der Waals surface area contributed by atoms with Gasteiger partial charge in [-0.2, -0.15) is 13.4 Å². The minimum Gasteiger partial charge on any atom is -0.497 e. The van der Waals surface area contributed by atoms with Crippen molar-refractivity contribution in [2.45, 2.75) is 20.3 Å². The largest absolute Gasteiger partial charge is 0.497 e. The van der Waals surface area contributed by atoms with Crippen LogP contribution >= 0.6 is 0 Å². The van der Waals surface area contributed by atoms with Gasteiger partial charge < -0.3 is 25.1 Å². The molecule has 0 aliphatic heterocycles. The molecule has 0 aliphatic carbocycles. The van der Waals surface area contributed by atoms with E-state index >= 15 is 0 Å². The summed E-state index contributed by atoms with van der Waals surface area (Å²) in [4.78, 5) is 7.97. The maximum absolute atomic E-state index is 12.3. The van der Waals surface area contributed by atoms with E-state index < -0.39 is 10.1 Å². The number of nitrogen functional groups attached to an aromatic ring is 2. The van der Waals surface area contributed by atoms with E-state index in [1.54, 1.807) is 31.5 Å². The lowest BCUT2D eigenvalue weighted by molar-refractivity contribution is 0.340. The van der Waals surface area contributed by atoms with Crippen molar-refractivity contribution in [2.24, 2.45) is 0 Å². The molecule has 0 fully saturated rings. The molecule has 3 rings (SSSR count). The SMILES string of the molecule is CCOc1cc(Cc2cnc(N)nc2N)cc(OS(=O)(=O)CC)c1-c1ccc(OC)cc1. The molecule has 32 heavy (non-hydrogen) atoms. The maximum Gasteiger partial charge on any atom is 0.308 e. The Hall–Kier alpha value is -3.53. The molecule has 170 valence electrons. The summed E-state index contributed by atoms with van der Waals surface area (Å²) in [6, 6.07) is 10.7. The lowest BCUT2D eigenvalue weighted by Crippen LogP contribution is -2.13. The summed E-state index contributed by atoms with van der Waals surface area (Å²) in [5, 5.41) is 0. The highest BCUT2D eigenvalue weighted by molar-refractivity contribution is 7.87. The number of nitrogens with zero attached hydrogens (tertiary/aromatic N) is 2. The molecule has 0 saturated heterocycles. The quantitative estimate of drug-likeness (QED) is 0.463. The van der Waals surface area contributed by atoms with Crippen molar-refractivity contribution in [1.82, 2.24) is 9.97 Å². The predicted octanol–water partition coefficient (Wildman–Crippen LogP) is 3.03. The average Bonchev–Trinajstić information content (AvgIpc) is 2.76. The van der Waals surface area contributed by atoms with Crippen molar-refractivity contribution in [3.63, 3.8) is 0 Å². The third-order valence-corrected chi connectivity index (χ3v) is 5.83. The second kappa shape index (κ2) is 9.73. The summed E-state index contributed by atoms with van der Waals surface area (Å²) < 4.78 is 41.3. The van der Waals surface area contributed by atoms with E-state index in [-0.39, 0.29) is 23.3 Å². The Kier molecular flexibility index (Phi) is 7.04. The first-order chi connectivity index (χ1) is 15.3. The first-order valence-corrected chi connectivity index (χ1v) is 11.6. The number of nitrogens with two attached hydrogens (primary N) is 2. The zero-order valence-corrected chi connectivity index (χ0v) is 19.0. The molecule has 0 bridgehead atoms. The Morgan fingerprint density at radius 3 is 2.31 bits per heavy atom. The van der Waals surface area contributed by atoms with Gasteiger partial charge in [0.1, 0.15) is 17.3 Å². The number of rotatable bonds is 9. The molecule has 0 unspecified atom stereocenters. The van der Waals surface area contributed by atoms with Crippen LogP contribution in [0.25, 0.3) is 11.1 Å². The lowest BCUT2D eigenvalue weighted by Gasteiger charge is -2.18. The highest BCUT2D eigenvalue weighted by Gasteiger charge is 2.21. The molecule has 2 aromatic carbocycles. The van der Waals surface area contributed by atoms with Gasteiger partial charge >= 0.3 is 10.1 Å². The summed E-state index contributed by atoms with van der Waals surface area (Å²) in [6.07, 6.45) is 1.87. The predicted molar refractivity (Wildman–Crippen MR) is 123 cm³/mol. The van der Waals surface area contributed by atoms with Gasteiger partial charge in [-0.25, -0.2) is 4.98 Å².